The Morgan fingerprint density at radius 1 is 1.43 bits per heavy atom. The van der Waals surface area contributed by atoms with Crippen molar-refractivity contribution in [2.45, 2.75) is 12.5 Å². The second kappa shape index (κ2) is 4.13. The number of rotatable bonds is 2. The van der Waals surface area contributed by atoms with Crippen molar-refractivity contribution in [1.82, 2.24) is 0 Å². The summed E-state index contributed by atoms with van der Waals surface area (Å²) in [6.07, 6.45) is 1.32. The van der Waals surface area contributed by atoms with E-state index in [1.165, 1.54) is 5.56 Å². The third-order valence-corrected chi connectivity index (χ3v) is 2.18. The van der Waals surface area contributed by atoms with Crippen LogP contribution >= 0.6 is 0 Å². The normalized spacial score (nSPS) is 20.1. The minimum absolute atomic E-state index is 0.201. The van der Waals surface area contributed by atoms with E-state index in [4.69, 9.17) is 9.47 Å². The first kappa shape index (κ1) is 9.06. The highest BCUT2D eigenvalue weighted by atomic mass is 16.7. The van der Waals surface area contributed by atoms with Gasteiger partial charge in [0.15, 0.2) is 0 Å². The van der Waals surface area contributed by atoms with Crippen molar-refractivity contribution >= 4 is 6.08 Å². The van der Waals surface area contributed by atoms with Crippen molar-refractivity contribution in [2.24, 2.45) is 4.99 Å². The Morgan fingerprint density at radius 3 is 2.86 bits per heavy atom. The van der Waals surface area contributed by atoms with Crippen molar-refractivity contribution in [3.63, 3.8) is 0 Å². The summed E-state index contributed by atoms with van der Waals surface area (Å²) in [5.41, 5.74) is 1.28. The Hall–Kier alpha value is -1.51. The van der Waals surface area contributed by atoms with Crippen LogP contribution in [0.15, 0.2) is 35.3 Å². The molecule has 0 spiro atoms. The van der Waals surface area contributed by atoms with Crippen LogP contribution in [0, 0.1) is 0 Å². The molecular formula is C11H13NO2. The van der Waals surface area contributed by atoms with Crippen LogP contribution in [0.5, 0.6) is 0 Å². The third kappa shape index (κ3) is 2.05. The molecule has 0 aliphatic carbocycles. The van der Waals surface area contributed by atoms with Crippen LogP contribution < -0.4 is 0 Å². The maximum absolute atomic E-state index is 5.21. The summed E-state index contributed by atoms with van der Waals surface area (Å²) in [5.74, 6) is 0. The van der Waals surface area contributed by atoms with Gasteiger partial charge in [0.2, 0.25) is 0 Å². The van der Waals surface area contributed by atoms with Gasteiger partial charge in [-0.1, -0.05) is 30.3 Å². The van der Waals surface area contributed by atoms with Crippen molar-refractivity contribution in [1.29, 1.82) is 0 Å². The molecule has 0 bridgehead atoms. The standard InChI is InChI=1S/C11H13NO2/c1-13-11-12-10(8-14-11)7-9-5-3-2-4-6-9/h2-6,10H,7-8H2,1H3/t10-/m1/s1. The maximum atomic E-state index is 5.21. The topological polar surface area (TPSA) is 30.8 Å². The summed E-state index contributed by atoms with van der Waals surface area (Å²) < 4.78 is 10.1. The monoisotopic (exact) mass is 191 g/mol. The van der Waals surface area contributed by atoms with Crippen molar-refractivity contribution in [3.8, 4) is 0 Å². The average molecular weight is 191 g/mol. The van der Waals surface area contributed by atoms with Crippen LogP contribution in [0.25, 0.3) is 0 Å². The molecule has 1 aliphatic heterocycles. The second-order valence-electron chi connectivity index (χ2n) is 3.25. The maximum Gasteiger partial charge on any atom is 0.383 e. The minimum atomic E-state index is 0.201. The second-order valence-corrected chi connectivity index (χ2v) is 3.25. The number of ether oxygens (including phenoxy) is 2. The van der Waals surface area contributed by atoms with Gasteiger partial charge in [-0.3, -0.25) is 0 Å². The highest BCUT2D eigenvalue weighted by Gasteiger charge is 2.19. The fraction of sp³-hybridized carbons (Fsp3) is 0.364. The highest BCUT2D eigenvalue weighted by molar-refractivity contribution is 5.68. The molecule has 0 saturated carbocycles. The molecule has 3 nitrogen and oxygen atoms in total. The van der Waals surface area contributed by atoms with E-state index in [9.17, 15) is 0 Å². The van der Waals surface area contributed by atoms with Crippen molar-refractivity contribution in [2.75, 3.05) is 13.7 Å². The molecule has 0 N–H and O–H groups in total. The quantitative estimate of drug-likeness (QED) is 0.711. The summed E-state index contributed by atoms with van der Waals surface area (Å²) in [7, 11) is 1.57. The molecule has 0 amide bonds. The van der Waals surface area contributed by atoms with Gasteiger partial charge in [-0.05, 0) is 12.0 Å². The Balaban J connectivity index is 1.97. The molecule has 0 saturated heterocycles. The third-order valence-electron chi connectivity index (χ3n) is 2.18. The van der Waals surface area contributed by atoms with E-state index in [1.54, 1.807) is 7.11 Å². The fourth-order valence-corrected chi connectivity index (χ4v) is 1.49. The van der Waals surface area contributed by atoms with Crippen LogP contribution in [0.1, 0.15) is 5.56 Å². The summed E-state index contributed by atoms with van der Waals surface area (Å²) in [5, 5.41) is 0. The Kier molecular flexibility index (Phi) is 2.68. The van der Waals surface area contributed by atoms with Crippen LogP contribution in [0.3, 0.4) is 0 Å². The summed E-state index contributed by atoms with van der Waals surface area (Å²) in [6, 6.07) is 10.5. The van der Waals surface area contributed by atoms with Gasteiger partial charge in [-0.25, -0.2) is 4.99 Å². The van der Waals surface area contributed by atoms with E-state index in [0.29, 0.717) is 12.7 Å². The number of methoxy groups -OCH3 is 1. The molecule has 3 heteroatoms. The first-order valence-electron chi connectivity index (χ1n) is 4.67. The van der Waals surface area contributed by atoms with Gasteiger partial charge in [0.1, 0.15) is 6.61 Å². The zero-order chi connectivity index (χ0) is 9.80. The first-order chi connectivity index (χ1) is 6.88. The first-order valence-corrected chi connectivity index (χ1v) is 4.67. The molecule has 1 aromatic rings. The number of nitrogens with zero attached hydrogens (tertiary/aromatic N) is 1. The lowest BCUT2D eigenvalue weighted by molar-refractivity contribution is 0.219. The fourth-order valence-electron chi connectivity index (χ4n) is 1.49. The SMILES string of the molecule is COC1=N[C@H](Cc2ccccc2)CO1. The van der Waals surface area contributed by atoms with Crippen LogP contribution in [0.2, 0.25) is 0 Å². The lowest BCUT2D eigenvalue weighted by Gasteiger charge is -2.03. The van der Waals surface area contributed by atoms with Gasteiger partial charge in [-0.15, -0.1) is 0 Å². The van der Waals surface area contributed by atoms with E-state index in [1.807, 2.05) is 18.2 Å². The number of aliphatic imine (C=N–C) groups is 1. The van der Waals surface area contributed by atoms with Crippen LogP contribution in [-0.4, -0.2) is 25.8 Å². The van der Waals surface area contributed by atoms with Crippen LogP contribution in [-0.2, 0) is 15.9 Å². The molecule has 74 valence electrons. The van der Waals surface area contributed by atoms with E-state index in [-0.39, 0.29) is 6.04 Å². The molecule has 1 heterocycles. The van der Waals surface area contributed by atoms with Crippen molar-refractivity contribution < 1.29 is 9.47 Å². The molecule has 1 aliphatic rings. The highest BCUT2D eigenvalue weighted by Crippen LogP contribution is 2.11. The lowest BCUT2D eigenvalue weighted by atomic mass is 10.1. The number of benzene rings is 1. The average Bonchev–Trinajstić information content (AvgIpc) is 2.67. The molecule has 0 unspecified atom stereocenters. The van der Waals surface area contributed by atoms with Crippen LogP contribution in [0.4, 0.5) is 0 Å². The predicted octanol–water partition coefficient (Wildman–Crippen LogP) is 1.63. The van der Waals surface area contributed by atoms with E-state index < -0.39 is 0 Å². The molecular weight excluding hydrogens is 178 g/mol. The summed E-state index contributed by atoms with van der Waals surface area (Å²) in [4.78, 5) is 4.27. The summed E-state index contributed by atoms with van der Waals surface area (Å²) in [6.45, 7) is 0.623. The van der Waals surface area contributed by atoms with E-state index >= 15 is 0 Å². The molecule has 1 aromatic carbocycles. The molecule has 1 atom stereocenters. The van der Waals surface area contributed by atoms with Gasteiger partial charge in [0.05, 0.1) is 13.2 Å². The van der Waals surface area contributed by atoms with Gasteiger partial charge < -0.3 is 9.47 Å². The largest absolute Gasteiger partial charge is 0.454 e. The number of hydrogen-bond donors (Lipinski definition) is 0. The summed E-state index contributed by atoms with van der Waals surface area (Å²) >= 11 is 0. The molecule has 0 radical (unpaired) electrons. The van der Waals surface area contributed by atoms with Gasteiger partial charge in [-0.2, -0.15) is 0 Å². The number of hydrogen-bond acceptors (Lipinski definition) is 3. The zero-order valence-electron chi connectivity index (χ0n) is 8.14. The van der Waals surface area contributed by atoms with Gasteiger partial charge in [0, 0.05) is 0 Å². The van der Waals surface area contributed by atoms with E-state index in [2.05, 4.69) is 17.1 Å². The Bertz CT molecular complexity index is 321. The van der Waals surface area contributed by atoms with Crippen molar-refractivity contribution in [3.05, 3.63) is 35.9 Å². The predicted molar refractivity (Wildman–Crippen MR) is 54.3 cm³/mol. The van der Waals surface area contributed by atoms with Gasteiger partial charge in [0.25, 0.3) is 0 Å². The Labute approximate surface area is 83.4 Å². The van der Waals surface area contributed by atoms with Gasteiger partial charge >= 0.3 is 6.08 Å². The minimum Gasteiger partial charge on any atom is -0.454 e. The molecule has 14 heavy (non-hydrogen) atoms. The molecule has 0 aromatic heterocycles. The molecule has 0 fully saturated rings. The Morgan fingerprint density at radius 2 is 2.21 bits per heavy atom. The zero-order valence-corrected chi connectivity index (χ0v) is 8.14. The smallest absolute Gasteiger partial charge is 0.383 e. The molecule has 2 rings (SSSR count). The lowest BCUT2D eigenvalue weighted by Crippen LogP contribution is -2.09. The van der Waals surface area contributed by atoms with E-state index in [0.717, 1.165) is 6.42 Å².